The topological polar surface area (TPSA) is 112 Å². The maximum atomic E-state index is 13.6. The van der Waals surface area contributed by atoms with E-state index < -0.39 is 40.6 Å². The van der Waals surface area contributed by atoms with Crippen molar-refractivity contribution >= 4 is 45.7 Å². The van der Waals surface area contributed by atoms with E-state index in [1.165, 1.54) is 0 Å². The first-order valence-corrected chi connectivity index (χ1v) is 20.3. The third-order valence-corrected chi connectivity index (χ3v) is 17.8. The predicted molar refractivity (Wildman–Crippen MR) is 176 cm³/mol. The number of carbonyl (C=O) groups excluding carboxylic acids is 2. The number of hydrogen-bond acceptors (Lipinski definition) is 6. The highest BCUT2D eigenvalue weighted by Gasteiger charge is 2.41. The Kier molecular flexibility index (Phi) is 11.1. The number of halogens is 1. The van der Waals surface area contributed by atoms with Crippen LogP contribution in [-0.4, -0.2) is 40.6 Å². The Morgan fingerprint density at radius 2 is 1.55 bits per heavy atom. The number of nitriles is 1. The highest BCUT2D eigenvalue weighted by atomic mass is 35.5. The summed E-state index contributed by atoms with van der Waals surface area (Å²) in [6.45, 7) is 25.0. The van der Waals surface area contributed by atoms with Crippen LogP contribution in [0, 0.1) is 18.3 Å². The molecule has 0 unspecified atom stereocenters. The Hall–Kier alpha value is -2.85. The van der Waals surface area contributed by atoms with E-state index in [2.05, 4.69) is 90.0 Å². The minimum atomic E-state index is -2.26. The lowest BCUT2D eigenvalue weighted by atomic mass is 10.1. The number of nitrogens with one attached hydrogen (secondary N) is 3. The molecule has 0 aliphatic carbocycles. The number of carbonyl (C=O) groups is 2. The molecule has 0 radical (unpaired) electrons. The molecule has 0 aromatic heterocycles. The molecule has 0 saturated carbocycles. The Balaban J connectivity index is 2.29. The highest BCUT2D eigenvalue weighted by molar-refractivity contribution is 6.75. The predicted octanol–water partition coefficient (Wildman–Crippen LogP) is 7.56. The summed E-state index contributed by atoms with van der Waals surface area (Å²) in [5, 5.41) is 12.8. The van der Waals surface area contributed by atoms with E-state index in [4.69, 9.17) is 20.5 Å². The lowest BCUT2D eigenvalue weighted by Gasteiger charge is -2.40. The van der Waals surface area contributed by atoms with Crippen molar-refractivity contribution in [3.8, 4) is 11.8 Å². The summed E-state index contributed by atoms with van der Waals surface area (Å²) in [6, 6.07) is 11.5. The molecule has 42 heavy (non-hydrogen) atoms. The monoisotopic (exact) mass is 630 g/mol. The molecule has 230 valence electrons. The molecule has 0 fully saturated rings. The summed E-state index contributed by atoms with van der Waals surface area (Å²) in [5.41, 5.74) is 7.04. The fourth-order valence-electron chi connectivity index (χ4n) is 3.62. The average Bonchev–Trinajstić information content (AvgIpc) is 2.86. The molecule has 2 rings (SSSR count). The van der Waals surface area contributed by atoms with Crippen molar-refractivity contribution in [1.82, 2.24) is 10.9 Å². The molecule has 0 aliphatic rings. The molecule has 2 amide bonds. The number of nitrogens with zero attached hydrogens (tertiary/aromatic N) is 1. The molecule has 0 bridgehead atoms. The molecule has 0 aliphatic heterocycles. The smallest absolute Gasteiger partial charge is 0.269 e. The first-order chi connectivity index (χ1) is 19.1. The summed E-state index contributed by atoms with van der Waals surface area (Å²) in [7, 11) is -4.36. The number of benzene rings is 2. The van der Waals surface area contributed by atoms with Gasteiger partial charge >= 0.3 is 0 Å². The molecular weight excluding hydrogens is 584 g/mol. The van der Waals surface area contributed by atoms with Gasteiger partial charge in [0.15, 0.2) is 8.32 Å². The fraction of sp³-hybridized carbons (Fsp3) is 0.516. The van der Waals surface area contributed by atoms with E-state index >= 15 is 0 Å². The molecule has 11 heteroatoms. The van der Waals surface area contributed by atoms with Gasteiger partial charge in [-0.1, -0.05) is 59.2 Å². The van der Waals surface area contributed by atoms with Gasteiger partial charge in [-0.3, -0.25) is 20.4 Å². The van der Waals surface area contributed by atoms with Crippen LogP contribution in [-0.2, 0) is 9.22 Å². The van der Waals surface area contributed by atoms with Crippen LogP contribution in [0.5, 0.6) is 5.75 Å². The minimum Gasteiger partial charge on any atom is -0.543 e. The first kappa shape index (κ1) is 35.4. The standard InChI is InChI=1S/C31H47ClN4O4Si2/c1-20-25(17-16-23(19-33)26(20)32)34-27(21(2)39-41(9,10)30(3,4)5)29(38)36-35-28(37)22-14-13-15-24(18-22)40-42(11,12)31(6,7)8/h13-18,21,27,34H,1-12H3,(H,35,37)(H,36,38)/t21-,27-/m1/s1. The van der Waals surface area contributed by atoms with E-state index in [-0.39, 0.29) is 10.1 Å². The van der Waals surface area contributed by atoms with Crippen molar-refractivity contribution in [3.05, 3.63) is 58.1 Å². The van der Waals surface area contributed by atoms with Gasteiger partial charge in [0.2, 0.25) is 8.32 Å². The van der Waals surface area contributed by atoms with Crippen LogP contribution in [0.25, 0.3) is 0 Å². The van der Waals surface area contributed by atoms with Crippen molar-refractivity contribution in [2.24, 2.45) is 0 Å². The minimum absolute atomic E-state index is 0.00192. The molecular formula is C31H47ClN4O4Si2. The number of rotatable bonds is 9. The molecule has 2 aromatic rings. The van der Waals surface area contributed by atoms with Crippen molar-refractivity contribution in [3.63, 3.8) is 0 Å². The number of hydrazine groups is 1. The molecule has 8 nitrogen and oxygen atoms in total. The lowest BCUT2D eigenvalue weighted by Crippen LogP contribution is -2.55. The number of anilines is 1. The lowest BCUT2D eigenvalue weighted by molar-refractivity contribution is -0.124. The average molecular weight is 631 g/mol. The van der Waals surface area contributed by atoms with Gasteiger partial charge in [0.25, 0.3) is 11.8 Å². The molecule has 0 heterocycles. The SMILES string of the molecule is Cc1c(N[C@@H](C(=O)NNC(=O)c2cccc(O[Si](C)(C)C(C)(C)C)c2)[C@@H](C)O[Si](C)(C)C(C)(C)C)ccc(C#N)c1Cl. The van der Waals surface area contributed by atoms with Crippen LogP contribution in [0.1, 0.15) is 70.0 Å². The molecule has 0 saturated heterocycles. The summed E-state index contributed by atoms with van der Waals surface area (Å²) in [6.07, 6.45) is -0.557. The zero-order valence-electron chi connectivity index (χ0n) is 27.1. The van der Waals surface area contributed by atoms with Crippen LogP contribution in [0.3, 0.4) is 0 Å². The van der Waals surface area contributed by atoms with Gasteiger partial charge in [-0.2, -0.15) is 5.26 Å². The van der Waals surface area contributed by atoms with Crippen LogP contribution < -0.4 is 20.6 Å². The Morgan fingerprint density at radius 3 is 2.10 bits per heavy atom. The molecule has 3 N–H and O–H groups in total. The second kappa shape index (κ2) is 13.2. The summed E-state index contributed by atoms with van der Waals surface area (Å²) in [5.74, 6) is -0.342. The zero-order chi connectivity index (χ0) is 32.3. The van der Waals surface area contributed by atoms with Gasteiger partial charge in [-0.15, -0.1) is 0 Å². The van der Waals surface area contributed by atoms with Gasteiger partial charge in [0, 0.05) is 11.3 Å². The third kappa shape index (κ3) is 8.60. The first-order valence-electron chi connectivity index (χ1n) is 14.1. The number of hydrogen-bond donors (Lipinski definition) is 3. The van der Waals surface area contributed by atoms with E-state index in [9.17, 15) is 14.9 Å². The van der Waals surface area contributed by atoms with Crippen molar-refractivity contribution < 1.29 is 18.4 Å². The van der Waals surface area contributed by atoms with Gasteiger partial charge < -0.3 is 14.2 Å². The highest BCUT2D eigenvalue weighted by Crippen LogP contribution is 2.39. The van der Waals surface area contributed by atoms with E-state index in [0.29, 0.717) is 33.1 Å². The van der Waals surface area contributed by atoms with Gasteiger partial charge in [0.1, 0.15) is 17.9 Å². The molecule has 2 aromatic carbocycles. The maximum absolute atomic E-state index is 13.6. The van der Waals surface area contributed by atoms with Crippen LogP contribution in [0.4, 0.5) is 5.69 Å². The molecule has 0 spiro atoms. The van der Waals surface area contributed by atoms with E-state index in [1.807, 2.05) is 13.0 Å². The van der Waals surface area contributed by atoms with Gasteiger partial charge in [0.05, 0.1) is 16.7 Å². The van der Waals surface area contributed by atoms with Crippen molar-refractivity contribution in [2.75, 3.05) is 5.32 Å². The van der Waals surface area contributed by atoms with Crippen LogP contribution in [0.2, 0.25) is 41.3 Å². The normalized spacial score (nSPS) is 13.9. The van der Waals surface area contributed by atoms with Gasteiger partial charge in [-0.05, 0) is 86.0 Å². The fourth-order valence-corrected chi connectivity index (χ4v) is 6.27. The largest absolute Gasteiger partial charge is 0.543 e. The van der Waals surface area contributed by atoms with Crippen LogP contribution >= 0.6 is 11.6 Å². The summed E-state index contributed by atoms with van der Waals surface area (Å²) >= 11 is 6.40. The molecule has 2 atom stereocenters. The van der Waals surface area contributed by atoms with E-state index in [0.717, 1.165) is 0 Å². The second-order valence-electron chi connectivity index (χ2n) is 13.8. The van der Waals surface area contributed by atoms with Crippen LogP contribution in [0.15, 0.2) is 36.4 Å². The van der Waals surface area contributed by atoms with E-state index in [1.54, 1.807) is 37.3 Å². The van der Waals surface area contributed by atoms with Gasteiger partial charge in [-0.25, -0.2) is 0 Å². The Bertz CT molecular complexity index is 1340. The second-order valence-corrected chi connectivity index (χ2v) is 23.6. The van der Waals surface area contributed by atoms with Crippen molar-refractivity contribution in [2.45, 2.75) is 104 Å². The Morgan fingerprint density at radius 1 is 0.952 bits per heavy atom. The Labute approximate surface area is 258 Å². The zero-order valence-corrected chi connectivity index (χ0v) is 29.8. The third-order valence-electron chi connectivity index (χ3n) is 8.43. The van der Waals surface area contributed by atoms with Crippen molar-refractivity contribution in [1.29, 1.82) is 5.26 Å². The summed E-state index contributed by atoms with van der Waals surface area (Å²) in [4.78, 5) is 26.7. The maximum Gasteiger partial charge on any atom is 0.269 e. The summed E-state index contributed by atoms with van der Waals surface area (Å²) < 4.78 is 12.9. The quantitative estimate of drug-likeness (QED) is 0.195. The number of amides is 2.